The summed E-state index contributed by atoms with van der Waals surface area (Å²) in [4.78, 5) is 12.2. The van der Waals surface area contributed by atoms with Gasteiger partial charge in [-0.05, 0) is 6.92 Å². The number of carbonyl (C=O) groups excluding carboxylic acids is 1. The van der Waals surface area contributed by atoms with Gasteiger partial charge in [0.05, 0.1) is 6.10 Å². The Bertz CT molecular complexity index is 114. The number of carbonyl (C=O) groups is 1. The highest BCUT2D eigenvalue weighted by atomic mass is 16.3. The van der Waals surface area contributed by atoms with Crippen molar-refractivity contribution in [2.24, 2.45) is 0 Å². The number of nitrogens with zero attached hydrogens (tertiary/aromatic N) is 1. The molecule has 10 heavy (non-hydrogen) atoms. The second-order valence-corrected chi connectivity index (χ2v) is 2.28. The Morgan fingerprint density at radius 3 is 2.60 bits per heavy atom. The number of likely N-dealkylation sites (N-methyl/N-ethyl adjacent to an activating group) is 1. The van der Waals surface area contributed by atoms with Crippen molar-refractivity contribution in [3.63, 3.8) is 0 Å². The maximum atomic E-state index is 10.8. The van der Waals surface area contributed by atoms with E-state index in [2.05, 4.69) is 5.32 Å². The zero-order chi connectivity index (χ0) is 8.15. The number of urea groups is 1. The minimum atomic E-state index is -0.470. The lowest BCUT2D eigenvalue weighted by Crippen LogP contribution is -2.38. The first-order valence-corrected chi connectivity index (χ1v) is 3.18. The predicted octanol–water partition coefficient (Wildman–Crippen LogP) is -0.362. The van der Waals surface area contributed by atoms with Gasteiger partial charge in [0, 0.05) is 20.6 Å². The third kappa shape index (κ3) is 3.29. The van der Waals surface area contributed by atoms with Crippen LogP contribution in [0.2, 0.25) is 0 Å². The zero-order valence-corrected chi connectivity index (χ0v) is 6.59. The summed E-state index contributed by atoms with van der Waals surface area (Å²) in [5.74, 6) is 0. The normalized spacial score (nSPS) is 12.4. The van der Waals surface area contributed by atoms with Gasteiger partial charge in [-0.15, -0.1) is 0 Å². The van der Waals surface area contributed by atoms with Gasteiger partial charge < -0.3 is 15.3 Å². The molecule has 0 aliphatic rings. The smallest absolute Gasteiger partial charge is 0.316 e. The fourth-order valence-corrected chi connectivity index (χ4v) is 0.670. The SMILES string of the molecule is CNC(=O)N(C)C[C@H](C)O. The molecule has 0 aliphatic carbocycles. The minimum Gasteiger partial charge on any atom is -0.392 e. The first-order chi connectivity index (χ1) is 4.57. The molecule has 0 bridgehead atoms. The van der Waals surface area contributed by atoms with Gasteiger partial charge in [0.15, 0.2) is 0 Å². The van der Waals surface area contributed by atoms with Crippen molar-refractivity contribution in [1.82, 2.24) is 10.2 Å². The fourth-order valence-electron chi connectivity index (χ4n) is 0.670. The van der Waals surface area contributed by atoms with E-state index in [1.165, 1.54) is 4.90 Å². The summed E-state index contributed by atoms with van der Waals surface area (Å²) in [6, 6.07) is -0.180. The lowest BCUT2D eigenvalue weighted by Gasteiger charge is -2.17. The summed E-state index contributed by atoms with van der Waals surface area (Å²) >= 11 is 0. The molecule has 4 nitrogen and oxygen atoms in total. The number of aliphatic hydroxyl groups excluding tert-OH is 1. The molecule has 2 N–H and O–H groups in total. The van der Waals surface area contributed by atoms with Crippen LogP contribution in [0, 0.1) is 0 Å². The molecule has 0 aromatic carbocycles. The van der Waals surface area contributed by atoms with Crippen molar-refractivity contribution in [2.45, 2.75) is 13.0 Å². The molecule has 0 unspecified atom stereocenters. The Kier molecular flexibility index (Phi) is 3.79. The Balaban J connectivity index is 3.61. The van der Waals surface area contributed by atoms with Gasteiger partial charge in [-0.25, -0.2) is 4.79 Å². The van der Waals surface area contributed by atoms with Gasteiger partial charge in [0.25, 0.3) is 0 Å². The van der Waals surface area contributed by atoms with E-state index >= 15 is 0 Å². The van der Waals surface area contributed by atoms with E-state index in [9.17, 15) is 4.79 Å². The van der Waals surface area contributed by atoms with Gasteiger partial charge in [-0.2, -0.15) is 0 Å². The van der Waals surface area contributed by atoms with Crippen LogP contribution in [0.4, 0.5) is 4.79 Å². The Morgan fingerprint density at radius 1 is 1.80 bits per heavy atom. The van der Waals surface area contributed by atoms with Gasteiger partial charge in [0.2, 0.25) is 0 Å². The molecule has 0 heterocycles. The largest absolute Gasteiger partial charge is 0.392 e. The molecule has 60 valence electrons. The zero-order valence-electron chi connectivity index (χ0n) is 6.59. The van der Waals surface area contributed by atoms with Crippen LogP contribution < -0.4 is 5.32 Å². The second-order valence-electron chi connectivity index (χ2n) is 2.28. The van der Waals surface area contributed by atoms with Crippen molar-refractivity contribution < 1.29 is 9.90 Å². The molecule has 1 atom stereocenters. The highest BCUT2D eigenvalue weighted by Crippen LogP contribution is 1.87. The number of aliphatic hydroxyl groups is 1. The summed E-state index contributed by atoms with van der Waals surface area (Å²) in [5, 5.41) is 11.3. The van der Waals surface area contributed by atoms with Crippen LogP contribution in [0.5, 0.6) is 0 Å². The van der Waals surface area contributed by atoms with Crippen LogP contribution in [0.1, 0.15) is 6.92 Å². The molecular weight excluding hydrogens is 132 g/mol. The quantitative estimate of drug-likeness (QED) is 0.559. The van der Waals surface area contributed by atoms with Crippen LogP contribution in [0.15, 0.2) is 0 Å². The van der Waals surface area contributed by atoms with Crippen molar-refractivity contribution >= 4 is 6.03 Å². The molecule has 0 radical (unpaired) electrons. The summed E-state index contributed by atoms with van der Waals surface area (Å²) in [5.41, 5.74) is 0. The number of rotatable bonds is 2. The topological polar surface area (TPSA) is 52.6 Å². The Morgan fingerprint density at radius 2 is 2.30 bits per heavy atom. The van der Waals surface area contributed by atoms with Crippen LogP contribution in [0.25, 0.3) is 0 Å². The molecular formula is C6H14N2O2. The summed E-state index contributed by atoms with van der Waals surface area (Å²) in [6.45, 7) is 2.00. The third-order valence-corrected chi connectivity index (χ3v) is 1.10. The molecule has 4 heteroatoms. The fraction of sp³-hybridized carbons (Fsp3) is 0.833. The van der Waals surface area contributed by atoms with Crippen LogP contribution in [-0.2, 0) is 0 Å². The summed E-state index contributed by atoms with van der Waals surface area (Å²) in [6.07, 6.45) is -0.470. The molecule has 0 fully saturated rings. The van der Waals surface area contributed by atoms with E-state index in [-0.39, 0.29) is 6.03 Å². The van der Waals surface area contributed by atoms with Crippen LogP contribution in [-0.4, -0.2) is 42.8 Å². The monoisotopic (exact) mass is 146 g/mol. The first kappa shape index (κ1) is 9.23. The molecule has 0 spiro atoms. The summed E-state index contributed by atoms with van der Waals surface area (Å²) in [7, 11) is 3.19. The molecule has 0 aliphatic heterocycles. The maximum Gasteiger partial charge on any atom is 0.316 e. The van der Waals surface area contributed by atoms with E-state index in [1.807, 2.05) is 0 Å². The third-order valence-electron chi connectivity index (χ3n) is 1.10. The van der Waals surface area contributed by atoms with Crippen LogP contribution >= 0.6 is 0 Å². The van der Waals surface area contributed by atoms with Gasteiger partial charge >= 0.3 is 6.03 Å². The highest BCUT2D eigenvalue weighted by molar-refractivity contribution is 5.73. The van der Waals surface area contributed by atoms with E-state index in [1.54, 1.807) is 21.0 Å². The first-order valence-electron chi connectivity index (χ1n) is 3.18. The number of hydrogen-bond acceptors (Lipinski definition) is 2. The number of hydrogen-bond donors (Lipinski definition) is 2. The van der Waals surface area contributed by atoms with Gasteiger partial charge in [-0.3, -0.25) is 0 Å². The second kappa shape index (κ2) is 4.11. The lowest BCUT2D eigenvalue weighted by atomic mass is 10.4. The Hall–Kier alpha value is -0.770. The molecule has 0 aromatic heterocycles. The van der Waals surface area contributed by atoms with Crippen molar-refractivity contribution in [2.75, 3.05) is 20.6 Å². The van der Waals surface area contributed by atoms with Crippen molar-refractivity contribution in [1.29, 1.82) is 0 Å². The highest BCUT2D eigenvalue weighted by Gasteiger charge is 2.07. The molecule has 0 saturated carbocycles. The molecule has 0 rings (SSSR count). The van der Waals surface area contributed by atoms with Gasteiger partial charge in [-0.1, -0.05) is 0 Å². The Labute approximate surface area is 60.8 Å². The van der Waals surface area contributed by atoms with E-state index in [0.29, 0.717) is 6.54 Å². The van der Waals surface area contributed by atoms with E-state index in [0.717, 1.165) is 0 Å². The maximum absolute atomic E-state index is 10.8. The van der Waals surface area contributed by atoms with Crippen molar-refractivity contribution in [3.8, 4) is 0 Å². The predicted molar refractivity (Wildman–Crippen MR) is 38.8 cm³/mol. The molecule has 0 saturated heterocycles. The van der Waals surface area contributed by atoms with Crippen molar-refractivity contribution in [3.05, 3.63) is 0 Å². The van der Waals surface area contributed by atoms with Crippen LogP contribution in [0.3, 0.4) is 0 Å². The number of nitrogens with one attached hydrogen (secondary N) is 1. The molecule has 0 aromatic rings. The standard InChI is InChI=1S/C6H14N2O2/c1-5(9)4-8(3)6(10)7-2/h5,9H,4H2,1-3H3,(H,7,10)/t5-/m0/s1. The van der Waals surface area contributed by atoms with Gasteiger partial charge in [0.1, 0.15) is 0 Å². The number of amides is 2. The average molecular weight is 146 g/mol. The average Bonchev–Trinajstić information content (AvgIpc) is 1.85. The molecule has 2 amide bonds. The minimum absolute atomic E-state index is 0.180. The van der Waals surface area contributed by atoms with E-state index in [4.69, 9.17) is 5.11 Å². The summed E-state index contributed by atoms with van der Waals surface area (Å²) < 4.78 is 0. The lowest BCUT2D eigenvalue weighted by molar-refractivity contribution is 0.145. The van der Waals surface area contributed by atoms with E-state index < -0.39 is 6.10 Å².